The third kappa shape index (κ3) is 3.45. The van der Waals surface area contributed by atoms with Gasteiger partial charge in [0.1, 0.15) is 0 Å². The fourth-order valence-electron chi connectivity index (χ4n) is 2.64. The molecule has 0 atom stereocenters. The van der Waals surface area contributed by atoms with Crippen LogP contribution in [0.15, 0.2) is 84.9 Å². The van der Waals surface area contributed by atoms with Crippen LogP contribution in [0.3, 0.4) is 0 Å². The number of rotatable bonds is 4. The summed E-state index contributed by atoms with van der Waals surface area (Å²) in [5.74, 6) is 0. The zero-order valence-corrected chi connectivity index (χ0v) is 17.6. The smallest absolute Gasteiger partial charge is 0.134 e. The van der Waals surface area contributed by atoms with Crippen LogP contribution in [-0.2, 0) is 0 Å². The van der Waals surface area contributed by atoms with Crippen LogP contribution >= 0.6 is 44.3 Å². The maximum Gasteiger partial charge on any atom is 0.310 e. The first-order valence-electron chi connectivity index (χ1n) is 7.40. The Labute approximate surface area is 162 Å². The summed E-state index contributed by atoms with van der Waals surface area (Å²) in [5.41, 5.74) is 0. The van der Waals surface area contributed by atoms with Crippen molar-refractivity contribution in [1.29, 1.82) is 0 Å². The zero-order valence-electron chi connectivity index (χ0n) is 12.6. The Hall–Kier alpha value is -0.746. The van der Waals surface area contributed by atoms with E-state index in [9.17, 15) is 0 Å². The molecule has 0 unspecified atom stereocenters. The Kier molecular flexibility index (Phi) is 5.45. The van der Waals surface area contributed by atoms with Gasteiger partial charge >= 0.3 is 13.4 Å². The van der Waals surface area contributed by atoms with Crippen molar-refractivity contribution in [1.82, 2.24) is 0 Å². The first-order chi connectivity index (χ1) is 11.4. The molecule has 0 saturated heterocycles. The molecule has 0 N–H and O–H groups in total. The Morgan fingerprint density at radius 2 is 0.708 bits per heavy atom. The maximum absolute atomic E-state index is 6.89. The number of hydrogen-bond donors (Lipinski definition) is 0. The van der Waals surface area contributed by atoms with Crippen LogP contribution in [0.2, 0.25) is 0 Å². The van der Waals surface area contributed by atoms with E-state index >= 15 is 0 Å². The summed E-state index contributed by atoms with van der Waals surface area (Å²) >= 11 is 27.6. The molecule has 3 rings (SSSR count). The molecule has 0 saturated carbocycles. The van der Waals surface area contributed by atoms with E-state index in [2.05, 4.69) is 0 Å². The average Bonchev–Trinajstić information content (AvgIpc) is 2.63. The standard InChI is InChI=1S/C18H14Cl4Si2/c19-23(20,15-9-3-1-4-10-15)17-13-7-8-14-18(17)24(21,22)16-11-5-2-6-12-16/h1-14H. The normalized spacial score (nSPS) is 12.2. The van der Waals surface area contributed by atoms with E-state index in [1.165, 1.54) is 0 Å². The molecule has 122 valence electrons. The van der Waals surface area contributed by atoms with Gasteiger partial charge in [0, 0.05) is 0 Å². The minimum atomic E-state index is -2.93. The van der Waals surface area contributed by atoms with Crippen LogP contribution in [0, 0.1) is 0 Å². The second-order valence-electron chi connectivity index (χ2n) is 5.43. The molecular formula is C18H14Cl4Si2. The molecule has 0 aliphatic rings. The van der Waals surface area contributed by atoms with Gasteiger partial charge < -0.3 is 0 Å². The lowest BCUT2D eigenvalue weighted by Gasteiger charge is -2.26. The van der Waals surface area contributed by atoms with Crippen molar-refractivity contribution in [3.8, 4) is 0 Å². The molecular weight excluding hydrogens is 414 g/mol. The summed E-state index contributed by atoms with van der Waals surface area (Å²) in [6.45, 7) is -5.86. The van der Waals surface area contributed by atoms with Crippen LogP contribution in [0.1, 0.15) is 0 Å². The van der Waals surface area contributed by atoms with Crippen molar-refractivity contribution >= 4 is 78.4 Å². The molecule has 0 aliphatic carbocycles. The Morgan fingerprint density at radius 3 is 1.04 bits per heavy atom. The van der Waals surface area contributed by atoms with Crippen LogP contribution < -0.4 is 20.7 Å². The third-order valence-electron chi connectivity index (χ3n) is 3.88. The molecule has 0 amide bonds. The van der Waals surface area contributed by atoms with Crippen LogP contribution in [0.4, 0.5) is 0 Å². The van der Waals surface area contributed by atoms with Gasteiger partial charge in [-0.05, 0) is 20.7 Å². The Balaban J connectivity index is 2.16. The molecule has 0 bridgehead atoms. The van der Waals surface area contributed by atoms with Crippen LogP contribution in [0.5, 0.6) is 0 Å². The molecule has 0 heterocycles. The second kappa shape index (κ2) is 7.24. The summed E-state index contributed by atoms with van der Waals surface area (Å²) in [4.78, 5) is 0. The van der Waals surface area contributed by atoms with Gasteiger partial charge in [-0.25, -0.2) is 0 Å². The van der Waals surface area contributed by atoms with Crippen LogP contribution in [-0.4, -0.2) is 13.4 Å². The fourth-order valence-corrected chi connectivity index (χ4v) is 11.5. The quantitative estimate of drug-likeness (QED) is 0.439. The lowest BCUT2D eigenvalue weighted by atomic mass is 10.3. The molecule has 0 nitrogen and oxygen atoms in total. The monoisotopic (exact) mass is 426 g/mol. The van der Waals surface area contributed by atoms with Crippen molar-refractivity contribution in [3.05, 3.63) is 84.9 Å². The van der Waals surface area contributed by atoms with Crippen molar-refractivity contribution in [3.63, 3.8) is 0 Å². The number of halogens is 4. The summed E-state index contributed by atoms with van der Waals surface area (Å²) in [7, 11) is 0. The summed E-state index contributed by atoms with van der Waals surface area (Å²) < 4.78 is 0. The van der Waals surface area contributed by atoms with Gasteiger partial charge in [-0.3, -0.25) is 0 Å². The molecule has 0 radical (unpaired) electrons. The predicted octanol–water partition coefficient (Wildman–Crippen LogP) is 3.75. The fraction of sp³-hybridized carbons (Fsp3) is 0. The van der Waals surface area contributed by atoms with Crippen molar-refractivity contribution in [2.75, 3.05) is 0 Å². The van der Waals surface area contributed by atoms with E-state index in [4.69, 9.17) is 44.3 Å². The van der Waals surface area contributed by atoms with Crippen LogP contribution in [0.25, 0.3) is 0 Å². The topological polar surface area (TPSA) is 0 Å². The van der Waals surface area contributed by atoms with E-state index in [-0.39, 0.29) is 0 Å². The molecule has 6 heteroatoms. The van der Waals surface area contributed by atoms with Gasteiger partial charge in [0.25, 0.3) is 0 Å². The van der Waals surface area contributed by atoms with Gasteiger partial charge in [-0.1, -0.05) is 84.9 Å². The van der Waals surface area contributed by atoms with E-state index in [1.54, 1.807) is 0 Å². The van der Waals surface area contributed by atoms with Gasteiger partial charge in [0.15, 0.2) is 0 Å². The summed E-state index contributed by atoms with van der Waals surface area (Å²) in [5, 5.41) is 3.57. The highest BCUT2D eigenvalue weighted by Crippen LogP contribution is 2.20. The lowest BCUT2D eigenvalue weighted by molar-refractivity contribution is 1.74. The Bertz CT molecular complexity index is 750. The third-order valence-corrected chi connectivity index (χ3v) is 13.5. The first-order valence-corrected chi connectivity index (χ1v) is 15.5. The Morgan fingerprint density at radius 1 is 0.417 bits per heavy atom. The summed E-state index contributed by atoms with van der Waals surface area (Å²) in [6.07, 6.45) is 0. The SMILES string of the molecule is Cl[Si](Cl)(c1ccccc1)c1ccccc1[Si](Cl)(Cl)c1ccccc1. The predicted molar refractivity (Wildman–Crippen MR) is 113 cm³/mol. The van der Waals surface area contributed by atoms with E-state index in [1.807, 2.05) is 84.9 Å². The average molecular weight is 428 g/mol. The lowest BCUT2D eigenvalue weighted by Crippen LogP contribution is -2.63. The molecule has 3 aromatic carbocycles. The molecule has 0 fully saturated rings. The highest BCUT2D eigenvalue weighted by Gasteiger charge is 2.43. The van der Waals surface area contributed by atoms with Gasteiger partial charge in [0.05, 0.1) is 0 Å². The molecule has 0 aromatic heterocycles. The highest BCUT2D eigenvalue weighted by molar-refractivity contribution is 7.60. The molecule has 0 spiro atoms. The highest BCUT2D eigenvalue weighted by atomic mass is 35.7. The molecule has 0 aliphatic heterocycles. The van der Waals surface area contributed by atoms with E-state index in [0.717, 1.165) is 20.7 Å². The summed E-state index contributed by atoms with van der Waals surface area (Å²) in [6, 6.07) is 27.2. The first kappa shape index (κ1) is 18.1. The second-order valence-corrected chi connectivity index (χ2v) is 17.9. The maximum atomic E-state index is 6.89. The zero-order chi connectivity index (χ0) is 17.2. The van der Waals surface area contributed by atoms with Crippen molar-refractivity contribution in [2.24, 2.45) is 0 Å². The number of hydrogen-bond acceptors (Lipinski definition) is 0. The van der Waals surface area contributed by atoms with Gasteiger partial charge in [-0.2, -0.15) is 0 Å². The largest absolute Gasteiger partial charge is 0.310 e. The van der Waals surface area contributed by atoms with Gasteiger partial charge in [0.2, 0.25) is 0 Å². The van der Waals surface area contributed by atoms with E-state index in [0.29, 0.717) is 0 Å². The molecule has 24 heavy (non-hydrogen) atoms. The van der Waals surface area contributed by atoms with Gasteiger partial charge in [-0.15, -0.1) is 44.3 Å². The van der Waals surface area contributed by atoms with E-state index < -0.39 is 13.4 Å². The minimum Gasteiger partial charge on any atom is -0.134 e. The van der Waals surface area contributed by atoms with Crippen molar-refractivity contribution in [2.45, 2.75) is 0 Å². The number of benzene rings is 3. The minimum absolute atomic E-state index is 0.861. The van der Waals surface area contributed by atoms with Crippen molar-refractivity contribution < 1.29 is 0 Å². The molecule has 3 aromatic rings.